The average Bonchev–Trinajstić information content (AvgIpc) is 3.01. The van der Waals surface area contributed by atoms with Gasteiger partial charge in [-0.25, -0.2) is 0 Å². The second-order valence-corrected chi connectivity index (χ2v) is 5.57. The maximum atomic E-state index is 12.6. The van der Waals surface area contributed by atoms with Crippen LogP contribution < -0.4 is 5.32 Å². The molecule has 0 aromatic carbocycles. The molecule has 0 aliphatic heterocycles. The van der Waals surface area contributed by atoms with E-state index in [1.54, 1.807) is 43.5 Å². The Morgan fingerprint density at radius 3 is 2.48 bits per heavy atom. The van der Waals surface area contributed by atoms with Crippen LogP contribution in [-0.2, 0) is 13.6 Å². The Hall–Kier alpha value is -2.64. The minimum atomic E-state index is -0.309. The van der Waals surface area contributed by atoms with Gasteiger partial charge in [-0.3, -0.25) is 19.0 Å². The number of hydrogen-bond acceptors (Lipinski definition) is 4. The summed E-state index contributed by atoms with van der Waals surface area (Å²) in [7, 11) is 5.03. The van der Waals surface area contributed by atoms with Crippen LogP contribution in [0.5, 0.6) is 0 Å². The first-order valence-electron chi connectivity index (χ1n) is 7.37. The molecule has 8 nitrogen and oxygen atoms in total. The molecule has 0 saturated carbocycles. The van der Waals surface area contributed by atoms with E-state index in [9.17, 15) is 9.59 Å². The number of hydrogen-bond donors (Lipinski definition) is 1. The second-order valence-electron chi connectivity index (χ2n) is 5.57. The highest BCUT2D eigenvalue weighted by atomic mass is 16.2. The first kappa shape index (κ1) is 16.7. The summed E-state index contributed by atoms with van der Waals surface area (Å²) in [6.07, 6.45) is 0. The zero-order chi connectivity index (χ0) is 17.3. The number of anilines is 1. The van der Waals surface area contributed by atoms with Crippen molar-refractivity contribution in [1.82, 2.24) is 24.5 Å². The van der Waals surface area contributed by atoms with Crippen LogP contribution in [0.1, 0.15) is 39.3 Å². The quantitative estimate of drug-likeness (QED) is 0.918. The average molecular weight is 318 g/mol. The van der Waals surface area contributed by atoms with E-state index >= 15 is 0 Å². The van der Waals surface area contributed by atoms with E-state index in [1.807, 2.05) is 13.8 Å². The lowest BCUT2D eigenvalue weighted by molar-refractivity contribution is 0.0822. The molecular formula is C15H22N6O2. The van der Waals surface area contributed by atoms with Gasteiger partial charge in [-0.05, 0) is 26.8 Å². The molecule has 2 aromatic heterocycles. The summed E-state index contributed by atoms with van der Waals surface area (Å²) >= 11 is 0. The molecule has 2 heterocycles. The molecule has 2 rings (SSSR count). The standard InChI is InChI=1S/C15H22N6O2/c1-7-21-11(8-9(2)17-21)14(22)16-12-10(3)20(6)18-13(12)15(23)19(4)5/h8H,7H2,1-6H3,(H,16,22). The van der Waals surface area contributed by atoms with E-state index in [2.05, 4.69) is 15.5 Å². The van der Waals surface area contributed by atoms with Crippen molar-refractivity contribution in [2.75, 3.05) is 19.4 Å². The molecule has 0 bridgehead atoms. The Kier molecular flexibility index (Phi) is 4.53. The summed E-state index contributed by atoms with van der Waals surface area (Å²) < 4.78 is 3.21. The van der Waals surface area contributed by atoms with Gasteiger partial charge in [0, 0.05) is 27.7 Å². The van der Waals surface area contributed by atoms with Gasteiger partial charge in [0.05, 0.1) is 17.1 Å². The highest BCUT2D eigenvalue weighted by Gasteiger charge is 2.24. The molecule has 2 amide bonds. The van der Waals surface area contributed by atoms with Crippen molar-refractivity contribution in [1.29, 1.82) is 0 Å². The highest BCUT2D eigenvalue weighted by Crippen LogP contribution is 2.21. The van der Waals surface area contributed by atoms with Crippen LogP contribution in [0.3, 0.4) is 0 Å². The molecule has 0 atom stereocenters. The monoisotopic (exact) mass is 318 g/mol. The van der Waals surface area contributed by atoms with Gasteiger partial charge in [0.1, 0.15) is 5.69 Å². The zero-order valence-electron chi connectivity index (χ0n) is 14.3. The first-order chi connectivity index (χ1) is 10.8. The van der Waals surface area contributed by atoms with Crippen LogP contribution >= 0.6 is 0 Å². The Bertz CT molecular complexity index is 756. The smallest absolute Gasteiger partial charge is 0.276 e. The summed E-state index contributed by atoms with van der Waals surface area (Å²) in [6, 6.07) is 1.72. The fourth-order valence-electron chi connectivity index (χ4n) is 2.27. The Balaban J connectivity index is 2.39. The van der Waals surface area contributed by atoms with Gasteiger partial charge in [0.15, 0.2) is 5.69 Å². The van der Waals surface area contributed by atoms with Crippen molar-refractivity contribution in [3.05, 3.63) is 28.8 Å². The van der Waals surface area contributed by atoms with Crippen LogP contribution in [-0.4, -0.2) is 50.4 Å². The fraction of sp³-hybridized carbons (Fsp3) is 0.467. The van der Waals surface area contributed by atoms with Crippen LogP contribution in [0.15, 0.2) is 6.07 Å². The van der Waals surface area contributed by atoms with Crippen LogP contribution in [0.2, 0.25) is 0 Å². The molecular weight excluding hydrogens is 296 g/mol. The van der Waals surface area contributed by atoms with Gasteiger partial charge in [-0.1, -0.05) is 0 Å². The molecule has 0 aliphatic rings. The predicted octanol–water partition coefficient (Wildman–Crippen LogP) is 1.21. The maximum absolute atomic E-state index is 12.6. The van der Waals surface area contributed by atoms with Gasteiger partial charge in [0.2, 0.25) is 0 Å². The number of rotatable bonds is 4. The SMILES string of the molecule is CCn1nc(C)cc1C(=O)Nc1c(C(=O)N(C)C)nn(C)c1C. The van der Waals surface area contributed by atoms with E-state index in [0.717, 1.165) is 5.69 Å². The molecule has 0 aliphatic carbocycles. The molecule has 0 unspecified atom stereocenters. The number of nitrogens with one attached hydrogen (secondary N) is 1. The van der Waals surface area contributed by atoms with Gasteiger partial charge in [0.25, 0.3) is 11.8 Å². The molecule has 8 heteroatoms. The molecule has 23 heavy (non-hydrogen) atoms. The van der Waals surface area contributed by atoms with E-state index in [-0.39, 0.29) is 17.5 Å². The molecule has 0 spiro atoms. The molecule has 124 valence electrons. The zero-order valence-corrected chi connectivity index (χ0v) is 14.3. The Morgan fingerprint density at radius 2 is 1.91 bits per heavy atom. The van der Waals surface area contributed by atoms with E-state index < -0.39 is 0 Å². The first-order valence-corrected chi connectivity index (χ1v) is 7.37. The lowest BCUT2D eigenvalue weighted by Gasteiger charge is -2.11. The van der Waals surface area contributed by atoms with E-state index in [0.29, 0.717) is 23.6 Å². The van der Waals surface area contributed by atoms with Gasteiger partial charge >= 0.3 is 0 Å². The molecule has 0 radical (unpaired) electrons. The van der Waals surface area contributed by atoms with Crippen molar-refractivity contribution in [2.24, 2.45) is 7.05 Å². The summed E-state index contributed by atoms with van der Waals surface area (Å²) in [5, 5.41) is 11.3. The minimum Gasteiger partial charge on any atom is -0.343 e. The lowest BCUT2D eigenvalue weighted by Crippen LogP contribution is -2.25. The summed E-state index contributed by atoms with van der Waals surface area (Å²) in [6.45, 7) is 6.14. The van der Waals surface area contributed by atoms with Crippen molar-refractivity contribution >= 4 is 17.5 Å². The van der Waals surface area contributed by atoms with E-state index in [1.165, 1.54) is 4.90 Å². The lowest BCUT2D eigenvalue weighted by atomic mass is 10.2. The second kappa shape index (κ2) is 6.23. The van der Waals surface area contributed by atoms with Crippen LogP contribution in [0, 0.1) is 13.8 Å². The highest BCUT2D eigenvalue weighted by molar-refractivity contribution is 6.08. The molecule has 1 N–H and O–H groups in total. The van der Waals surface area contributed by atoms with Gasteiger partial charge in [-0.2, -0.15) is 10.2 Å². The Labute approximate surface area is 135 Å². The third kappa shape index (κ3) is 3.10. The normalized spacial score (nSPS) is 10.7. The molecule has 0 fully saturated rings. The topological polar surface area (TPSA) is 85.1 Å². The number of aromatic nitrogens is 4. The number of amides is 2. The number of aryl methyl sites for hydroxylation is 3. The summed E-state index contributed by atoms with van der Waals surface area (Å²) in [5.74, 6) is -0.569. The summed E-state index contributed by atoms with van der Waals surface area (Å²) in [4.78, 5) is 26.3. The number of carbonyl (C=O) groups excluding carboxylic acids is 2. The van der Waals surface area contributed by atoms with Crippen molar-refractivity contribution < 1.29 is 9.59 Å². The van der Waals surface area contributed by atoms with Gasteiger partial charge in [-0.15, -0.1) is 0 Å². The fourth-order valence-corrected chi connectivity index (χ4v) is 2.27. The number of carbonyl (C=O) groups is 2. The largest absolute Gasteiger partial charge is 0.343 e. The van der Waals surface area contributed by atoms with Crippen LogP contribution in [0.4, 0.5) is 5.69 Å². The van der Waals surface area contributed by atoms with Crippen molar-refractivity contribution in [3.8, 4) is 0 Å². The summed E-state index contributed by atoms with van der Waals surface area (Å²) in [5.41, 5.74) is 2.59. The molecule has 2 aromatic rings. The van der Waals surface area contributed by atoms with Crippen molar-refractivity contribution in [3.63, 3.8) is 0 Å². The maximum Gasteiger partial charge on any atom is 0.276 e. The Morgan fingerprint density at radius 1 is 1.26 bits per heavy atom. The third-order valence-corrected chi connectivity index (χ3v) is 3.62. The third-order valence-electron chi connectivity index (χ3n) is 3.62. The van der Waals surface area contributed by atoms with Gasteiger partial charge < -0.3 is 10.2 Å². The van der Waals surface area contributed by atoms with Crippen LogP contribution in [0.25, 0.3) is 0 Å². The van der Waals surface area contributed by atoms with E-state index in [4.69, 9.17) is 0 Å². The molecule has 0 saturated heterocycles. The minimum absolute atomic E-state index is 0.225. The number of nitrogens with zero attached hydrogens (tertiary/aromatic N) is 5. The van der Waals surface area contributed by atoms with Crippen molar-refractivity contribution in [2.45, 2.75) is 27.3 Å². The predicted molar refractivity (Wildman–Crippen MR) is 86.6 cm³/mol.